The lowest BCUT2D eigenvalue weighted by Crippen LogP contribution is -2.28. The van der Waals surface area contributed by atoms with Gasteiger partial charge in [-0.15, -0.1) is 0 Å². The van der Waals surface area contributed by atoms with Crippen LogP contribution in [0.15, 0.2) is 34.9 Å². The molecule has 1 unspecified atom stereocenters. The number of benzene rings is 1. The molecule has 3 rings (SSSR count). The molecule has 5 heteroatoms. The molecule has 22 heavy (non-hydrogen) atoms. The molecular formula is C17H22N2O3. The summed E-state index contributed by atoms with van der Waals surface area (Å²) in [7, 11) is 0. The van der Waals surface area contributed by atoms with E-state index in [-0.39, 0.29) is 5.75 Å². The number of likely N-dealkylation sites (N-methyl/N-ethyl adjacent to an activating group) is 1. The highest BCUT2D eigenvalue weighted by Crippen LogP contribution is 2.40. The molecule has 0 aliphatic heterocycles. The monoisotopic (exact) mass is 302 g/mol. The van der Waals surface area contributed by atoms with E-state index in [0.717, 1.165) is 23.6 Å². The van der Waals surface area contributed by atoms with Crippen molar-refractivity contribution in [2.45, 2.75) is 38.3 Å². The number of phenolic OH excluding ortho intramolecular Hbond substituents is 1. The van der Waals surface area contributed by atoms with E-state index < -0.39 is 6.10 Å². The van der Waals surface area contributed by atoms with Gasteiger partial charge in [0.15, 0.2) is 0 Å². The van der Waals surface area contributed by atoms with Gasteiger partial charge in [0.2, 0.25) is 0 Å². The van der Waals surface area contributed by atoms with Crippen LogP contribution >= 0.6 is 0 Å². The third-order valence-corrected chi connectivity index (χ3v) is 4.08. The lowest BCUT2D eigenvalue weighted by molar-refractivity contribution is 0.111. The molecular weight excluding hydrogens is 280 g/mol. The van der Waals surface area contributed by atoms with Crippen LogP contribution in [0.1, 0.15) is 48.8 Å². The van der Waals surface area contributed by atoms with Gasteiger partial charge in [-0.3, -0.25) is 4.90 Å². The topological polar surface area (TPSA) is 69.7 Å². The standard InChI is InChI=1S/C17H22N2O3/c1-2-19(10-14-9-17(22-18-14)12-6-7-12)11-16(21)13-4-3-5-15(20)8-13/h3-5,8-9,12,16,20-21H,2,6-7,10-11H2,1H3. The van der Waals surface area contributed by atoms with Crippen LogP contribution in [0.4, 0.5) is 0 Å². The predicted octanol–water partition coefficient (Wildman–Crippen LogP) is 2.81. The van der Waals surface area contributed by atoms with Crippen LogP contribution in [0.25, 0.3) is 0 Å². The largest absolute Gasteiger partial charge is 0.508 e. The first-order valence-corrected chi connectivity index (χ1v) is 7.80. The van der Waals surface area contributed by atoms with Crippen molar-refractivity contribution < 1.29 is 14.7 Å². The summed E-state index contributed by atoms with van der Waals surface area (Å²) in [5.74, 6) is 1.72. The van der Waals surface area contributed by atoms with E-state index in [9.17, 15) is 10.2 Å². The molecule has 1 aliphatic rings. The minimum Gasteiger partial charge on any atom is -0.508 e. The van der Waals surface area contributed by atoms with Gasteiger partial charge in [-0.05, 0) is 37.1 Å². The third-order valence-electron chi connectivity index (χ3n) is 4.08. The maximum absolute atomic E-state index is 10.3. The second kappa shape index (κ2) is 6.50. The number of aromatic nitrogens is 1. The van der Waals surface area contributed by atoms with Crippen LogP contribution in [0.3, 0.4) is 0 Å². The Morgan fingerprint density at radius 1 is 1.36 bits per heavy atom. The van der Waals surface area contributed by atoms with Gasteiger partial charge in [0, 0.05) is 25.1 Å². The normalized spacial score (nSPS) is 16.1. The molecule has 2 aromatic rings. The summed E-state index contributed by atoms with van der Waals surface area (Å²) in [4.78, 5) is 2.11. The van der Waals surface area contributed by atoms with Gasteiger partial charge >= 0.3 is 0 Å². The predicted molar refractivity (Wildman–Crippen MR) is 82.5 cm³/mol. The van der Waals surface area contributed by atoms with Crippen LogP contribution in [0.5, 0.6) is 5.75 Å². The summed E-state index contributed by atoms with van der Waals surface area (Å²) >= 11 is 0. The number of hydrogen-bond donors (Lipinski definition) is 2. The fourth-order valence-electron chi connectivity index (χ4n) is 2.58. The zero-order chi connectivity index (χ0) is 15.5. The van der Waals surface area contributed by atoms with Crippen LogP contribution in [-0.4, -0.2) is 33.4 Å². The smallest absolute Gasteiger partial charge is 0.140 e. The lowest BCUT2D eigenvalue weighted by atomic mass is 10.1. The Hall–Kier alpha value is -1.85. The molecule has 0 saturated heterocycles. The van der Waals surface area contributed by atoms with Crippen molar-refractivity contribution >= 4 is 0 Å². The van der Waals surface area contributed by atoms with E-state index in [4.69, 9.17) is 4.52 Å². The molecule has 5 nitrogen and oxygen atoms in total. The van der Waals surface area contributed by atoms with Gasteiger partial charge < -0.3 is 14.7 Å². The molecule has 2 N–H and O–H groups in total. The Morgan fingerprint density at radius 3 is 2.86 bits per heavy atom. The Morgan fingerprint density at radius 2 is 2.18 bits per heavy atom. The fraction of sp³-hybridized carbons (Fsp3) is 0.471. The number of hydrogen-bond acceptors (Lipinski definition) is 5. The van der Waals surface area contributed by atoms with Crippen molar-refractivity contribution in [1.29, 1.82) is 0 Å². The highest BCUT2D eigenvalue weighted by Gasteiger charge is 2.28. The molecule has 1 atom stereocenters. The molecule has 0 spiro atoms. The van der Waals surface area contributed by atoms with Gasteiger partial charge in [0.1, 0.15) is 11.5 Å². The Bertz CT molecular complexity index is 622. The lowest BCUT2D eigenvalue weighted by Gasteiger charge is -2.22. The molecule has 1 aromatic heterocycles. The van der Waals surface area contributed by atoms with E-state index in [1.54, 1.807) is 18.2 Å². The highest BCUT2D eigenvalue weighted by molar-refractivity contribution is 5.28. The van der Waals surface area contributed by atoms with Crippen LogP contribution < -0.4 is 0 Å². The third kappa shape index (κ3) is 3.67. The second-order valence-corrected chi connectivity index (χ2v) is 5.93. The van der Waals surface area contributed by atoms with E-state index in [2.05, 4.69) is 17.0 Å². The number of nitrogens with zero attached hydrogens (tertiary/aromatic N) is 2. The van der Waals surface area contributed by atoms with Crippen LogP contribution in [0, 0.1) is 0 Å². The second-order valence-electron chi connectivity index (χ2n) is 5.93. The van der Waals surface area contributed by atoms with Gasteiger partial charge in [-0.25, -0.2) is 0 Å². The van der Waals surface area contributed by atoms with Gasteiger partial charge in [0.25, 0.3) is 0 Å². The number of aromatic hydroxyl groups is 1. The van der Waals surface area contributed by atoms with Crippen molar-refractivity contribution in [3.63, 3.8) is 0 Å². The van der Waals surface area contributed by atoms with Gasteiger partial charge in [-0.1, -0.05) is 24.2 Å². The Kier molecular flexibility index (Phi) is 4.45. The summed E-state index contributed by atoms with van der Waals surface area (Å²) in [6.07, 6.45) is 1.76. The van der Waals surface area contributed by atoms with Crippen LogP contribution in [0.2, 0.25) is 0 Å². The number of aliphatic hydroxyl groups excluding tert-OH is 1. The summed E-state index contributed by atoms with van der Waals surface area (Å²) in [6.45, 7) is 4.01. The molecule has 0 radical (unpaired) electrons. The Labute approximate surface area is 130 Å². The maximum Gasteiger partial charge on any atom is 0.140 e. The van der Waals surface area contributed by atoms with Crippen molar-refractivity contribution in [2.75, 3.05) is 13.1 Å². The van der Waals surface area contributed by atoms with E-state index in [1.807, 2.05) is 12.1 Å². The summed E-state index contributed by atoms with van der Waals surface area (Å²) in [5.41, 5.74) is 1.63. The molecule has 118 valence electrons. The first kappa shape index (κ1) is 15.1. The molecule has 1 aromatic carbocycles. The van der Waals surface area contributed by atoms with Crippen molar-refractivity contribution in [3.8, 4) is 5.75 Å². The van der Waals surface area contributed by atoms with Crippen molar-refractivity contribution in [2.24, 2.45) is 0 Å². The summed E-state index contributed by atoms with van der Waals surface area (Å²) in [5, 5.41) is 24.0. The first-order valence-electron chi connectivity index (χ1n) is 7.80. The minimum atomic E-state index is -0.637. The van der Waals surface area contributed by atoms with Gasteiger partial charge in [-0.2, -0.15) is 0 Å². The number of phenols is 1. The summed E-state index contributed by atoms with van der Waals surface area (Å²) < 4.78 is 5.37. The zero-order valence-electron chi connectivity index (χ0n) is 12.8. The van der Waals surface area contributed by atoms with Gasteiger partial charge in [0.05, 0.1) is 11.8 Å². The molecule has 1 fully saturated rings. The Balaban J connectivity index is 1.60. The molecule has 1 heterocycles. The van der Waals surface area contributed by atoms with E-state index in [0.29, 0.717) is 19.0 Å². The maximum atomic E-state index is 10.3. The first-order chi connectivity index (χ1) is 10.7. The number of aliphatic hydroxyl groups is 1. The fourth-order valence-corrected chi connectivity index (χ4v) is 2.58. The zero-order valence-corrected chi connectivity index (χ0v) is 12.8. The quantitative estimate of drug-likeness (QED) is 0.823. The number of rotatable bonds is 7. The van der Waals surface area contributed by atoms with Crippen molar-refractivity contribution in [1.82, 2.24) is 10.1 Å². The average molecular weight is 302 g/mol. The van der Waals surface area contributed by atoms with E-state index in [1.165, 1.54) is 12.8 Å². The van der Waals surface area contributed by atoms with Crippen LogP contribution in [-0.2, 0) is 6.54 Å². The SMILES string of the molecule is CCN(Cc1cc(C2CC2)on1)CC(O)c1cccc(O)c1. The molecule has 1 aliphatic carbocycles. The molecule has 1 saturated carbocycles. The molecule has 0 bridgehead atoms. The van der Waals surface area contributed by atoms with Crippen molar-refractivity contribution in [3.05, 3.63) is 47.3 Å². The minimum absolute atomic E-state index is 0.171. The average Bonchev–Trinajstić information content (AvgIpc) is 3.26. The summed E-state index contributed by atoms with van der Waals surface area (Å²) in [6, 6.07) is 8.78. The molecule has 0 amide bonds. The van der Waals surface area contributed by atoms with E-state index >= 15 is 0 Å². The highest BCUT2D eigenvalue weighted by atomic mass is 16.5.